The van der Waals surface area contributed by atoms with Crippen LogP contribution in [0.2, 0.25) is 0 Å². The molecule has 11 nitrogen and oxygen atoms in total. The Kier molecular flexibility index (Phi) is 9.68. The van der Waals surface area contributed by atoms with Gasteiger partial charge in [0.25, 0.3) is 22.2 Å². The van der Waals surface area contributed by atoms with E-state index >= 15 is 0 Å². The molecule has 0 atom stereocenters. The molecule has 0 fully saturated rings. The van der Waals surface area contributed by atoms with Crippen LogP contribution in [0.1, 0.15) is 58.1 Å². The lowest BCUT2D eigenvalue weighted by Crippen LogP contribution is -2.25. The zero-order valence-electron chi connectivity index (χ0n) is 30.7. The van der Waals surface area contributed by atoms with Gasteiger partial charge in [-0.15, -0.1) is 0 Å². The second-order valence-corrected chi connectivity index (χ2v) is 13.5. The third-order valence-electron chi connectivity index (χ3n) is 9.92. The molecule has 8 aromatic rings. The van der Waals surface area contributed by atoms with Gasteiger partial charge in [0.15, 0.2) is 17.3 Å². The van der Waals surface area contributed by atoms with Gasteiger partial charge in [0.05, 0.1) is 38.5 Å². The Bertz CT molecular complexity index is 3090. The third-order valence-corrected chi connectivity index (χ3v) is 9.92. The lowest BCUT2D eigenvalue weighted by molar-refractivity contribution is 0.0696. The number of aromatic carboxylic acids is 1. The summed E-state index contributed by atoms with van der Waals surface area (Å²) in [4.78, 5) is 109. The minimum atomic E-state index is -1.25. The van der Waals surface area contributed by atoms with Crippen molar-refractivity contribution >= 4 is 57.0 Å². The molecule has 0 aliphatic rings. The summed E-state index contributed by atoms with van der Waals surface area (Å²) in [5.41, 5.74) is -2.09. The first-order valence-electron chi connectivity index (χ1n) is 18.1. The van der Waals surface area contributed by atoms with Gasteiger partial charge in [-0.2, -0.15) is 0 Å². The average Bonchev–Trinajstić information content (AvgIpc) is 3.67. The van der Waals surface area contributed by atoms with E-state index in [-0.39, 0.29) is 56.0 Å². The Labute approximate surface area is 333 Å². The highest BCUT2D eigenvalue weighted by atomic mass is 16.4. The number of ketones is 3. The highest BCUT2D eigenvalue weighted by Crippen LogP contribution is 2.27. The van der Waals surface area contributed by atoms with Gasteiger partial charge in [0.1, 0.15) is 0 Å². The maximum Gasteiger partial charge on any atom is 0.335 e. The number of benzene rings is 6. The van der Waals surface area contributed by atoms with Gasteiger partial charge in [0.2, 0.25) is 0 Å². The average molecular weight is 777 g/mol. The van der Waals surface area contributed by atoms with Crippen LogP contribution in [-0.4, -0.2) is 37.6 Å². The van der Waals surface area contributed by atoms with Crippen LogP contribution in [0.4, 0.5) is 0 Å². The van der Waals surface area contributed by atoms with E-state index in [1.165, 1.54) is 84.9 Å². The molecule has 0 saturated heterocycles. The van der Waals surface area contributed by atoms with Crippen LogP contribution in [-0.2, 0) is 0 Å². The Morgan fingerprint density at radius 2 is 0.814 bits per heavy atom. The lowest BCUT2D eigenvalue weighted by Gasteiger charge is -2.05. The van der Waals surface area contributed by atoms with Gasteiger partial charge in [0, 0.05) is 22.3 Å². The zero-order chi connectivity index (χ0) is 41.4. The van der Waals surface area contributed by atoms with E-state index in [0.29, 0.717) is 0 Å². The molecule has 0 aliphatic carbocycles. The van der Waals surface area contributed by atoms with Gasteiger partial charge >= 0.3 is 5.97 Å². The Morgan fingerprint density at radius 1 is 0.441 bits per heavy atom. The van der Waals surface area contributed by atoms with E-state index in [2.05, 4.69) is 0 Å². The summed E-state index contributed by atoms with van der Waals surface area (Å²) in [6.45, 7) is 0. The summed E-state index contributed by atoms with van der Waals surface area (Å²) in [6.07, 6.45) is 6.09. The van der Waals surface area contributed by atoms with Crippen molar-refractivity contribution in [3.05, 3.63) is 232 Å². The number of nitrogens with zero attached hydrogens (tertiary/aromatic N) is 2. The van der Waals surface area contributed by atoms with Crippen molar-refractivity contribution in [1.82, 2.24) is 9.13 Å². The molecule has 11 heteroatoms. The minimum Gasteiger partial charge on any atom is -0.478 e. The molecule has 0 unspecified atom stereocenters. The lowest BCUT2D eigenvalue weighted by atomic mass is 9.94. The summed E-state index contributed by atoms with van der Waals surface area (Å²) >= 11 is 0. The van der Waals surface area contributed by atoms with E-state index in [0.717, 1.165) is 26.3 Å². The second kappa shape index (κ2) is 15.2. The van der Waals surface area contributed by atoms with Crippen molar-refractivity contribution in [2.75, 3.05) is 0 Å². The molecular formula is C48H28N2O9. The molecule has 0 bridgehead atoms. The number of aromatic nitrogens is 2. The number of carboxylic acid groups (broad SMARTS) is 1. The molecule has 284 valence electrons. The number of hydrogen-bond acceptors (Lipinski definition) is 8. The van der Waals surface area contributed by atoms with E-state index in [4.69, 9.17) is 0 Å². The van der Waals surface area contributed by atoms with Crippen LogP contribution in [0, 0.1) is 0 Å². The first-order valence-corrected chi connectivity index (χ1v) is 18.1. The fourth-order valence-electron chi connectivity index (χ4n) is 6.93. The molecule has 6 aromatic carbocycles. The minimum absolute atomic E-state index is 0.0664. The van der Waals surface area contributed by atoms with Gasteiger partial charge in [-0.3, -0.25) is 33.6 Å². The molecule has 0 spiro atoms. The summed E-state index contributed by atoms with van der Waals surface area (Å²) in [6, 6.07) is 35.6. The maximum atomic E-state index is 14.4. The summed E-state index contributed by atoms with van der Waals surface area (Å²) < 4.78 is 1.60. The number of carboxylic acids is 1. The normalized spacial score (nSPS) is 11.5. The van der Waals surface area contributed by atoms with Gasteiger partial charge < -0.3 is 5.11 Å². The van der Waals surface area contributed by atoms with Crippen molar-refractivity contribution in [2.45, 2.75) is 0 Å². The molecule has 2 heterocycles. The zero-order valence-corrected chi connectivity index (χ0v) is 30.7. The highest BCUT2D eigenvalue weighted by molar-refractivity contribution is 6.24. The number of carbonyl (C=O) groups is 4. The van der Waals surface area contributed by atoms with E-state index < -0.39 is 50.3 Å². The predicted molar refractivity (Wildman–Crippen MR) is 224 cm³/mol. The number of carbonyl (C=O) groups excluding carboxylic acids is 3. The molecule has 1 N–H and O–H groups in total. The third kappa shape index (κ3) is 6.89. The summed E-state index contributed by atoms with van der Waals surface area (Å²) in [5.74, 6) is -2.82. The molecule has 0 amide bonds. The summed E-state index contributed by atoms with van der Waals surface area (Å²) in [5, 5.41) is 7.98. The predicted octanol–water partition coefficient (Wildman–Crippen LogP) is 6.61. The standard InChI is InChI=1S/C48H28N2O9/c51-38(25-11-28-7-3-1-4-8-28)30-17-21-34(22-18-30)49-44(54)36-27-37-41(42(40(36)46(49)56)43(53)32-13-15-33(16-14-32)48(58)59)47(57)50(45(37)55)35-23-19-31(20-24-35)39(52)26-12-29-9-5-2-6-10-29/h1-27H,(H,58,59). The van der Waals surface area contributed by atoms with Crippen LogP contribution >= 0.6 is 0 Å². The molecular weight excluding hydrogens is 749 g/mol. The fourth-order valence-corrected chi connectivity index (χ4v) is 6.93. The molecule has 2 aromatic heterocycles. The molecule has 59 heavy (non-hydrogen) atoms. The molecule has 0 saturated carbocycles. The van der Waals surface area contributed by atoms with Crippen molar-refractivity contribution in [1.29, 1.82) is 0 Å². The van der Waals surface area contributed by atoms with Crippen molar-refractivity contribution in [3.63, 3.8) is 0 Å². The van der Waals surface area contributed by atoms with Crippen molar-refractivity contribution < 1.29 is 24.3 Å². The SMILES string of the molecule is O=C(O)c1ccc(C(=O)c2c3c(=O)n(-c4ccc(C(=O)C=Cc5ccccc5)cc4)c(=O)c3cc3c(=O)n(-c4ccc(C(=O)C=Cc5ccccc5)cc4)c(=O)c23)cc1. The highest BCUT2D eigenvalue weighted by Gasteiger charge is 2.29. The van der Waals surface area contributed by atoms with E-state index in [9.17, 15) is 43.5 Å². The van der Waals surface area contributed by atoms with Crippen molar-refractivity contribution in [2.24, 2.45) is 0 Å². The maximum absolute atomic E-state index is 14.4. The van der Waals surface area contributed by atoms with Crippen LogP contribution in [0.3, 0.4) is 0 Å². The Morgan fingerprint density at radius 3 is 1.20 bits per heavy atom. The van der Waals surface area contributed by atoms with Crippen LogP contribution < -0.4 is 22.2 Å². The van der Waals surface area contributed by atoms with Gasteiger partial charge in [-0.25, -0.2) is 13.9 Å². The number of fused-ring (bicyclic) bond motifs is 2. The number of hydrogen-bond donors (Lipinski definition) is 1. The first kappa shape index (κ1) is 37.5. The van der Waals surface area contributed by atoms with Crippen LogP contribution in [0.15, 0.2) is 171 Å². The van der Waals surface area contributed by atoms with Crippen LogP contribution in [0.5, 0.6) is 0 Å². The first-order chi connectivity index (χ1) is 28.5. The quantitative estimate of drug-likeness (QED) is 0.112. The fraction of sp³-hybridized carbons (Fsp3) is 0. The van der Waals surface area contributed by atoms with Crippen molar-refractivity contribution in [3.8, 4) is 11.4 Å². The van der Waals surface area contributed by atoms with Gasteiger partial charge in [-0.05, 0) is 90.0 Å². The Balaban J connectivity index is 1.25. The summed E-state index contributed by atoms with van der Waals surface area (Å²) in [7, 11) is 0. The number of allylic oxidation sites excluding steroid dienone is 2. The monoisotopic (exact) mass is 776 g/mol. The topological polar surface area (TPSA) is 167 Å². The van der Waals surface area contributed by atoms with Crippen LogP contribution in [0.25, 0.3) is 45.1 Å². The Hall–Kier alpha value is -8.44. The largest absolute Gasteiger partial charge is 0.478 e. The molecule has 0 aliphatic heterocycles. The van der Waals surface area contributed by atoms with E-state index in [1.54, 1.807) is 12.2 Å². The second-order valence-electron chi connectivity index (χ2n) is 13.5. The smallest absolute Gasteiger partial charge is 0.335 e. The molecule has 0 radical (unpaired) electrons. The molecule has 8 rings (SSSR count). The van der Waals surface area contributed by atoms with Gasteiger partial charge in [-0.1, -0.05) is 84.9 Å². The number of rotatable bonds is 11. The van der Waals surface area contributed by atoms with E-state index in [1.807, 2.05) is 60.7 Å².